The average Bonchev–Trinajstić information content (AvgIpc) is 2.73. The number of hydrogen-bond acceptors (Lipinski definition) is 4. The van der Waals surface area contributed by atoms with E-state index in [1.807, 2.05) is 6.92 Å². The minimum Gasteiger partial charge on any atom is -0.347 e. The largest absolute Gasteiger partial charge is 0.347 e. The second kappa shape index (κ2) is 5.25. The fourth-order valence-corrected chi connectivity index (χ4v) is 2.22. The standard InChI is InChI=1S/C11H10ClN3OS/c1-7-14-4-8(17-7)5-15-11(16)9-6-13-3-2-10(9)12/h2-4,6H,5H2,1H3,(H,15,16). The molecular formula is C11H10ClN3OS. The van der Waals surface area contributed by atoms with E-state index in [1.54, 1.807) is 29.8 Å². The second-order valence-electron chi connectivity index (χ2n) is 3.38. The van der Waals surface area contributed by atoms with Crippen LogP contribution in [0.4, 0.5) is 0 Å². The first-order valence-electron chi connectivity index (χ1n) is 4.96. The van der Waals surface area contributed by atoms with Gasteiger partial charge in [0.1, 0.15) is 0 Å². The highest BCUT2D eigenvalue weighted by Crippen LogP contribution is 2.14. The van der Waals surface area contributed by atoms with E-state index in [4.69, 9.17) is 11.6 Å². The number of aromatic nitrogens is 2. The van der Waals surface area contributed by atoms with E-state index in [9.17, 15) is 4.79 Å². The van der Waals surface area contributed by atoms with Gasteiger partial charge < -0.3 is 5.32 Å². The number of rotatable bonds is 3. The molecule has 0 radical (unpaired) electrons. The number of nitrogens with one attached hydrogen (secondary N) is 1. The van der Waals surface area contributed by atoms with Crippen molar-refractivity contribution in [3.05, 3.63) is 45.1 Å². The van der Waals surface area contributed by atoms with Gasteiger partial charge in [0.05, 0.1) is 22.1 Å². The van der Waals surface area contributed by atoms with Gasteiger partial charge in [0, 0.05) is 23.5 Å². The Labute approximate surface area is 108 Å². The molecular weight excluding hydrogens is 258 g/mol. The molecule has 1 amide bonds. The van der Waals surface area contributed by atoms with Gasteiger partial charge >= 0.3 is 0 Å². The van der Waals surface area contributed by atoms with E-state index in [0.29, 0.717) is 17.1 Å². The molecule has 88 valence electrons. The number of carbonyl (C=O) groups excluding carboxylic acids is 1. The first kappa shape index (κ1) is 12.0. The van der Waals surface area contributed by atoms with Crippen molar-refractivity contribution in [1.82, 2.24) is 15.3 Å². The van der Waals surface area contributed by atoms with Crippen molar-refractivity contribution in [1.29, 1.82) is 0 Å². The molecule has 0 aliphatic heterocycles. The highest BCUT2D eigenvalue weighted by molar-refractivity contribution is 7.11. The van der Waals surface area contributed by atoms with Crippen LogP contribution in [0.5, 0.6) is 0 Å². The molecule has 0 aliphatic carbocycles. The van der Waals surface area contributed by atoms with Crippen molar-refractivity contribution < 1.29 is 4.79 Å². The van der Waals surface area contributed by atoms with Gasteiger partial charge in [-0.2, -0.15) is 0 Å². The van der Waals surface area contributed by atoms with Crippen molar-refractivity contribution in [2.45, 2.75) is 13.5 Å². The normalized spacial score (nSPS) is 10.2. The van der Waals surface area contributed by atoms with Crippen LogP contribution in [0.3, 0.4) is 0 Å². The molecule has 1 N–H and O–H groups in total. The molecule has 17 heavy (non-hydrogen) atoms. The van der Waals surface area contributed by atoms with Gasteiger partial charge in [-0.15, -0.1) is 11.3 Å². The van der Waals surface area contributed by atoms with Crippen molar-refractivity contribution >= 4 is 28.8 Å². The zero-order valence-electron chi connectivity index (χ0n) is 9.11. The first-order valence-corrected chi connectivity index (χ1v) is 6.15. The Bertz CT molecular complexity index is 541. The molecule has 0 bridgehead atoms. The van der Waals surface area contributed by atoms with Crippen molar-refractivity contribution in [2.75, 3.05) is 0 Å². The third-order valence-corrected chi connectivity index (χ3v) is 3.35. The lowest BCUT2D eigenvalue weighted by Crippen LogP contribution is -2.22. The lowest BCUT2D eigenvalue weighted by atomic mass is 10.2. The number of pyridine rings is 1. The SMILES string of the molecule is Cc1ncc(CNC(=O)c2cnccc2Cl)s1. The maximum atomic E-state index is 11.8. The van der Waals surface area contributed by atoms with Crippen LogP contribution in [0.25, 0.3) is 0 Å². The summed E-state index contributed by atoms with van der Waals surface area (Å²) in [4.78, 5) is 20.8. The number of carbonyl (C=O) groups is 1. The number of amides is 1. The van der Waals surface area contributed by atoms with E-state index in [-0.39, 0.29) is 5.91 Å². The summed E-state index contributed by atoms with van der Waals surface area (Å²) in [6.07, 6.45) is 4.76. The third kappa shape index (κ3) is 3.01. The van der Waals surface area contributed by atoms with Crippen molar-refractivity contribution in [3.8, 4) is 0 Å². The van der Waals surface area contributed by atoms with Crippen LogP contribution in [0, 0.1) is 6.92 Å². The number of nitrogens with zero attached hydrogens (tertiary/aromatic N) is 2. The number of aryl methyl sites for hydroxylation is 1. The van der Waals surface area contributed by atoms with Gasteiger partial charge in [0.25, 0.3) is 5.91 Å². The number of halogens is 1. The first-order chi connectivity index (χ1) is 8.16. The smallest absolute Gasteiger partial charge is 0.254 e. The second-order valence-corrected chi connectivity index (χ2v) is 5.11. The quantitative estimate of drug-likeness (QED) is 0.929. The van der Waals surface area contributed by atoms with Gasteiger partial charge in [-0.25, -0.2) is 4.98 Å². The molecule has 0 atom stereocenters. The molecule has 0 saturated heterocycles. The summed E-state index contributed by atoms with van der Waals surface area (Å²) in [5.41, 5.74) is 0.385. The van der Waals surface area contributed by atoms with Crippen molar-refractivity contribution in [2.24, 2.45) is 0 Å². The highest BCUT2D eigenvalue weighted by Gasteiger charge is 2.10. The summed E-state index contributed by atoms with van der Waals surface area (Å²) in [6, 6.07) is 1.59. The van der Waals surface area contributed by atoms with Gasteiger partial charge in [0.15, 0.2) is 0 Å². The summed E-state index contributed by atoms with van der Waals surface area (Å²) in [7, 11) is 0. The molecule has 0 aromatic carbocycles. The lowest BCUT2D eigenvalue weighted by Gasteiger charge is -2.04. The summed E-state index contributed by atoms with van der Waals surface area (Å²) in [5, 5.41) is 4.16. The minimum atomic E-state index is -0.228. The van der Waals surface area contributed by atoms with Crippen LogP contribution >= 0.6 is 22.9 Å². The maximum Gasteiger partial charge on any atom is 0.254 e. The summed E-state index contributed by atoms with van der Waals surface area (Å²) >= 11 is 7.45. The highest BCUT2D eigenvalue weighted by atomic mass is 35.5. The van der Waals surface area contributed by atoms with Gasteiger partial charge in [0.2, 0.25) is 0 Å². The topological polar surface area (TPSA) is 54.9 Å². The number of thiazole rings is 1. The molecule has 2 aromatic heterocycles. The van der Waals surface area contributed by atoms with Crippen LogP contribution in [0.2, 0.25) is 5.02 Å². The molecule has 6 heteroatoms. The molecule has 0 saturated carbocycles. The van der Waals surface area contributed by atoms with E-state index >= 15 is 0 Å². The molecule has 2 aromatic rings. The molecule has 0 unspecified atom stereocenters. The maximum absolute atomic E-state index is 11.8. The van der Waals surface area contributed by atoms with Gasteiger partial charge in [-0.05, 0) is 13.0 Å². The van der Waals surface area contributed by atoms with E-state index in [2.05, 4.69) is 15.3 Å². The summed E-state index contributed by atoms with van der Waals surface area (Å²) in [6.45, 7) is 2.38. The third-order valence-electron chi connectivity index (χ3n) is 2.10. The molecule has 0 fully saturated rings. The van der Waals surface area contributed by atoms with Crippen LogP contribution in [-0.2, 0) is 6.54 Å². The zero-order valence-corrected chi connectivity index (χ0v) is 10.7. The monoisotopic (exact) mass is 267 g/mol. The molecule has 2 heterocycles. The average molecular weight is 268 g/mol. The zero-order chi connectivity index (χ0) is 12.3. The minimum absolute atomic E-state index is 0.228. The fraction of sp³-hybridized carbons (Fsp3) is 0.182. The Balaban J connectivity index is 2.01. The van der Waals surface area contributed by atoms with Crippen LogP contribution < -0.4 is 5.32 Å². The molecule has 0 aliphatic rings. The number of hydrogen-bond donors (Lipinski definition) is 1. The Hall–Kier alpha value is -1.46. The summed E-state index contributed by atoms with van der Waals surface area (Å²) < 4.78 is 0. The fourth-order valence-electron chi connectivity index (χ4n) is 1.29. The van der Waals surface area contributed by atoms with E-state index in [0.717, 1.165) is 9.88 Å². The van der Waals surface area contributed by atoms with Crippen LogP contribution in [0.15, 0.2) is 24.7 Å². The Morgan fingerprint density at radius 1 is 1.53 bits per heavy atom. The Morgan fingerprint density at radius 3 is 3.00 bits per heavy atom. The Morgan fingerprint density at radius 2 is 2.35 bits per heavy atom. The van der Waals surface area contributed by atoms with Crippen LogP contribution in [0.1, 0.15) is 20.2 Å². The molecule has 0 spiro atoms. The predicted molar refractivity (Wildman–Crippen MR) is 67.3 cm³/mol. The van der Waals surface area contributed by atoms with E-state index in [1.165, 1.54) is 6.20 Å². The van der Waals surface area contributed by atoms with Crippen LogP contribution in [-0.4, -0.2) is 15.9 Å². The lowest BCUT2D eigenvalue weighted by molar-refractivity contribution is 0.0951. The van der Waals surface area contributed by atoms with E-state index < -0.39 is 0 Å². The Kier molecular flexibility index (Phi) is 3.71. The molecule has 2 rings (SSSR count). The van der Waals surface area contributed by atoms with Gasteiger partial charge in [-0.3, -0.25) is 9.78 Å². The molecule has 4 nitrogen and oxygen atoms in total. The summed E-state index contributed by atoms with van der Waals surface area (Å²) in [5.74, 6) is -0.228. The predicted octanol–water partition coefficient (Wildman–Crippen LogP) is 2.43. The van der Waals surface area contributed by atoms with Crippen molar-refractivity contribution in [3.63, 3.8) is 0 Å². The van der Waals surface area contributed by atoms with Gasteiger partial charge in [-0.1, -0.05) is 11.6 Å².